The molecule has 1 heterocycles. The van der Waals surface area contributed by atoms with Gasteiger partial charge in [-0.2, -0.15) is 0 Å². The number of carboxylic acid groups (broad SMARTS) is 1. The van der Waals surface area contributed by atoms with Gasteiger partial charge in [0.15, 0.2) is 0 Å². The van der Waals surface area contributed by atoms with Crippen LogP contribution in [0, 0.1) is 11.8 Å². The Labute approximate surface area is 84.6 Å². The van der Waals surface area contributed by atoms with Crippen molar-refractivity contribution < 1.29 is 14.6 Å². The largest absolute Gasteiger partial charge is 0.481 e. The van der Waals surface area contributed by atoms with Crippen LogP contribution in [0.5, 0.6) is 0 Å². The maximum atomic E-state index is 10.7. The van der Waals surface area contributed by atoms with Crippen LogP contribution in [0.3, 0.4) is 0 Å². The Kier molecular flexibility index (Phi) is 4.35. The van der Waals surface area contributed by atoms with Crippen molar-refractivity contribution in [2.24, 2.45) is 11.8 Å². The summed E-state index contributed by atoms with van der Waals surface area (Å²) in [6, 6.07) is 0.0214. The highest BCUT2D eigenvalue weighted by molar-refractivity contribution is 5.70. The summed E-state index contributed by atoms with van der Waals surface area (Å²) in [7, 11) is 0. The van der Waals surface area contributed by atoms with Gasteiger partial charge >= 0.3 is 5.97 Å². The summed E-state index contributed by atoms with van der Waals surface area (Å²) in [4.78, 5) is 10.7. The molecule has 0 aromatic rings. The summed E-state index contributed by atoms with van der Waals surface area (Å²) in [5.74, 6) is -0.525. The van der Waals surface area contributed by atoms with Gasteiger partial charge in [0.2, 0.25) is 0 Å². The Morgan fingerprint density at radius 2 is 2.36 bits per heavy atom. The molecule has 1 rings (SSSR count). The summed E-state index contributed by atoms with van der Waals surface area (Å²) < 4.78 is 5.24. The fourth-order valence-electron chi connectivity index (χ4n) is 1.49. The zero-order valence-corrected chi connectivity index (χ0v) is 8.82. The minimum Gasteiger partial charge on any atom is -0.481 e. The molecule has 0 spiro atoms. The first-order chi connectivity index (χ1) is 6.61. The first-order valence-corrected chi connectivity index (χ1v) is 5.15. The van der Waals surface area contributed by atoms with Gasteiger partial charge < -0.3 is 15.2 Å². The van der Waals surface area contributed by atoms with Crippen LogP contribution in [-0.2, 0) is 9.53 Å². The standard InChI is InChI=1S/C10H19NO3/c1-7(10(12)13)8(2)11-5-9-3-4-14-6-9/h7-9,11H,3-6H2,1-2H3,(H,12,13). The first-order valence-electron chi connectivity index (χ1n) is 5.15. The van der Waals surface area contributed by atoms with E-state index in [1.807, 2.05) is 6.92 Å². The van der Waals surface area contributed by atoms with E-state index >= 15 is 0 Å². The lowest BCUT2D eigenvalue weighted by Crippen LogP contribution is -2.38. The summed E-state index contributed by atoms with van der Waals surface area (Å²) in [6.07, 6.45) is 1.08. The third-order valence-corrected chi connectivity index (χ3v) is 2.89. The minimum absolute atomic E-state index is 0.0214. The van der Waals surface area contributed by atoms with Crippen molar-refractivity contribution in [1.82, 2.24) is 5.32 Å². The van der Waals surface area contributed by atoms with Gasteiger partial charge in [-0.25, -0.2) is 0 Å². The number of hydrogen-bond donors (Lipinski definition) is 2. The quantitative estimate of drug-likeness (QED) is 0.688. The van der Waals surface area contributed by atoms with Gasteiger partial charge in [-0.3, -0.25) is 4.79 Å². The number of aliphatic carboxylic acids is 1. The molecule has 4 heteroatoms. The van der Waals surface area contributed by atoms with Crippen molar-refractivity contribution in [1.29, 1.82) is 0 Å². The molecule has 1 aliphatic rings. The van der Waals surface area contributed by atoms with Crippen LogP contribution in [0.4, 0.5) is 0 Å². The molecule has 0 saturated carbocycles. The highest BCUT2D eigenvalue weighted by atomic mass is 16.5. The summed E-state index contributed by atoms with van der Waals surface area (Å²) >= 11 is 0. The number of rotatable bonds is 5. The van der Waals surface area contributed by atoms with Gasteiger partial charge in [0.1, 0.15) is 0 Å². The molecule has 0 aromatic carbocycles. The number of ether oxygens (including phenoxy) is 1. The second-order valence-electron chi connectivity index (χ2n) is 4.05. The van der Waals surface area contributed by atoms with Crippen molar-refractivity contribution in [2.75, 3.05) is 19.8 Å². The molecule has 82 valence electrons. The molecule has 0 amide bonds. The third-order valence-electron chi connectivity index (χ3n) is 2.89. The number of carboxylic acids is 1. The Bertz CT molecular complexity index is 190. The van der Waals surface area contributed by atoms with E-state index in [0.717, 1.165) is 26.2 Å². The normalized spacial score (nSPS) is 26.0. The molecule has 0 bridgehead atoms. The predicted octanol–water partition coefficient (Wildman–Crippen LogP) is 0.722. The Hall–Kier alpha value is -0.610. The fourth-order valence-corrected chi connectivity index (χ4v) is 1.49. The van der Waals surface area contributed by atoms with E-state index in [0.29, 0.717) is 5.92 Å². The molecule has 4 nitrogen and oxygen atoms in total. The zero-order chi connectivity index (χ0) is 10.6. The highest BCUT2D eigenvalue weighted by Crippen LogP contribution is 2.12. The number of carbonyl (C=O) groups is 1. The molecule has 3 atom stereocenters. The van der Waals surface area contributed by atoms with Crippen molar-refractivity contribution in [3.63, 3.8) is 0 Å². The SMILES string of the molecule is CC(NCC1CCOC1)C(C)C(=O)O. The highest BCUT2D eigenvalue weighted by Gasteiger charge is 2.21. The number of nitrogens with one attached hydrogen (secondary N) is 1. The van der Waals surface area contributed by atoms with Crippen LogP contribution in [-0.4, -0.2) is 36.9 Å². The van der Waals surface area contributed by atoms with Gasteiger partial charge in [-0.15, -0.1) is 0 Å². The molecule has 2 N–H and O–H groups in total. The zero-order valence-electron chi connectivity index (χ0n) is 8.82. The second kappa shape index (κ2) is 5.32. The van der Waals surface area contributed by atoms with Gasteiger partial charge in [0.05, 0.1) is 12.5 Å². The van der Waals surface area contributed by atoms with Crippen LogP contribution >= 0.6 is 0 Å². The molecule has 0 radical (unpaired) electrons. The molecular formula is C10H19NO3. The molecule has 1 aliphatic heterocycles. The topological polar surface area (TPSA) is 58.6 Å². The van der Waals surface area contributed by atoms with Gasteiger partial charge in [0, 0.05) is 19.2 Å². The van der Waals surface area contributed by atoms with Crippen LogP contribution in [0.1, 0.15) is 20.3 Å². The van der Waals surface area contributed by atoms with Gasteiger partial charge in [-0.1, -0.05) is 6.92 Å². The van der Waals surface area contributed by atoms with Crippen molar-refractivity contribution in [2.45, 2.75) is 26.3 Å². The minimum atomic E-state index is -0.743. The maximum Gasteiger partial charge on any atom is 0.307 e. The average molecular weight is 201 g/mol. The van der Waals surface area contributed by atoms with E-state index in [-0.39, 0.29) is 12.0 Å². The second-order valence-corrected chi connectivity index (χ2v) is 4.05. The van der Waals surface area contributed by atoms with E-state index < -0.39 is 5.97 Å². The van der Waals surface area contributed by atoms with Crippen molar-refractivity contribution in [3.05, 3.63) is 0 Å². The van der Waals surface area contributed by atoms with E-state index in [2.05, 4.69) is 5.32 Å². The average Bonchev–Trinajstić information content (AvgIpc) is 2.65. The summed E-state index contributed by atoms with van der Waals surface area (Å²) in [5, 5.41) is 12.0. The lowest BCUT2D eigenvalue weighted by molar-refractivity contribution is -0.141. The molecular weight excluding hydrogens is 182 g/mol. The predicted molar refractivity (Wildman–Crippen MR) is 53.2 cm³/mol. The van der Waals surface area contributed by atoms with E-state index in [1.165, 1.54) is 0 Å². The lowest BCUT2D eigenvalue weighted by Gasteiger charge is -2.19. The summed E-state index contributed by atoms with van der Waals surface area (Å²) in [6.45, 7) is 6.15. The molecule has 1 saturated heterocycles. The molecule has 0 aromatic heterocycles. The summed E-state index contributed by atoms with van der Waals surface area (Å²) in [5.41, 5.74) is 0. The number of hydrogen-bond acceptors (Lipinski definition) is 3. The van der Waals surface area contributed by atoms with Crippen molar-refractivity contribution in [3.8, 4) is 0 Å². The van der Waals surface area contributed by atoms with Gasteiger partial charge in [-0.05, 0) is 19.3 Å². The maximum absolute atomic E-state index is 10.7. The molecule has 14 heavy (non-hydrogen) atoms. The Morgan fingerprint density at radius 3 is 2.86 bits per heavy atom. The van der Waals surface area contributed by atoms with Crippen LogP contribution in [0.25, 0.3) is 0 Å². The monoisotopic (exact) mass is 201 g/mol. The van der Waals surface area contributed by atoms with E-state index in [1.54, 1.807) is 6.92 Å². The lowest BCUT2D eigenvalue weighted by atomic mass is 10.0. The third kappa shape index (κ3) is 3.27. The van der Waals surface area contributed by atoms with Crippen molar-refractivity contribution >= 4 is 5.97 Å². The Balaban J connectivity index is 2.19. The first kappa shape index (κ1) is 11.5. The molecule has 0 aliphatic carbocycles. The van der Waals surface area contributed by atoms with Crippen LogP contribution in [0.2, 0.25) is 0 Å². The Morgan fingerprint density at radius 1 is 1.64 bits per heavy atom. The molecule has 1 fully saturated rings. The van der Waals surface area contributed by atoms with Crippen LogP contribution < -0.4 is 5.32 Å². The van der Waals surface area contributed by atoms with E-state index in [4.69, 9.17) is 9.84 Å². The van der Waals surface area contributed by atoms with E-state index in [9.17, 15) is 4.79 Å². The fraction of sp³-hybridized carbons (Fsp3) is 0.900. The van der Waals surface area contributed by atoms with Gasteiger partial charge in [0.25, 0.3) is 0 Å². The molecule has 3 unspecified atom stereocenters. The smallest absolute Gasteiger partial charge is 0.307 e. The van der Waals surface area contributed by atoms with Crippen LogP contribution in [0.15, 0.2) is 0 Å².